The molecule has 2 aromatic carbocycles. The summed E-state index contributed by atoms with van der Waals surface area (Å²) < 4.78 is 3.00. The first kappa shape index (κ1) is 15.5. The van der Waals surface area contributed by atoms with Gasteiger partial charge in [0.2, 0.25) is 0 Å². The molecule has 0 heterocycles. The zero-order chi connectivity index (χ0) is 14.5. The van der Waals surface area contributed by atoms with Crippen molar-refractivity contribution in [1.82, 2.24) is 0 Å². The fraction of sp³-hybridized carbons (Fsp3) is 0.250. The molecule has 0 bridgehead atoms. The number of hydrogen-bond donors (Lipinski definition) is 0. The Morgan fingerprint density at radius 1 is 0.600 bits per heavy atom. The third-order valence-electron chi connectivity index (χ3n) is 2.92. The van der Waals surface area contributed by atoms with Crippen LogP contribution in [0.4, 0.5) is 11.4 Å². The monoisotopic (exact) mass is 400 g/mol. The second kappa shape index (κ2) is 7.19. The van der Waals surface area contributed by atoms with Gasteiger partial charge in [-0.2, -0.15) is 0 Å². The quantitative estimate of drug-likeness (QED) is 0.697. The molecular formula is C16H20N2Se2. The Morgan fingerprint density at radius 3 is 1.30 bits per heavy atom. The van der Waals surface area contributed by atoms with Gasteiger partial charge in [-0.05, 0) is 0 Å². The zero-order valence-electron chi connectivity index (χ0n) is 12.3. The van der Waals surface area contributed by atoms with E-state index in [0.717, 1.165) is 0 Å². The van der Waals surface area contributed by atoms with Crippen LogP contribution in [0.5, 0.6) is 0 Å². The maximum absolute atomic E-state index is 2.27. The molecule has 0 atom stereocenters. The van der Waals surface area contributed by atoms with E-state index in [1.54, 1.807) is 0 Å². The standard InChI is InChI=1S/C16H20N2Se2/c1-17(2)13-9-5-7-11-15(13)19-20-16-12-8-6-10-14(16)18(3)4/h5-12H,1-4H3. The molecule has 0 aliphatic rings. The van der Waals surface area contributed by atoms with Gasteiger partial charge in [0, 0.05) is 0 Å². The van der Waals surface area contributed by atoms with E-state index >= 15 is 0 Å². The number of para-hydroxylation sites is 2. The van der Waals surface area contributed by atoms with Crippen LogP contribution in [-0.4, -0.2) is 54.5 Å². The molecule has 0 saturated heterocycles. The molecule has 0 aliphatic heterocycles. The fourth-order valence-electron chi connectivity index (χ4n) is 1.88. The van der Waals surface area contributed by atoms with Gasteiger partial charge in [0.1, 0.15) is 0 Å². The Kier molecular flexibility index (Phi) is 5.56. The Labute approximate surface area is 133 Å². The van der Waals surface area contributed by atoms with Crippen molar-refractivity contribution in [2.75, 3.05) is 38.0 Å². The number of benzene rings is 2. The van der Waals surface area contributed by atoms with Crippen LogP contribution in [-0.2, 0) is 0 Å². The molecule has 0 amide bonds. The second-order valence-corrected chi connectivity index (χ2v) is 11.1. The molecule has 20 heavy (non-hydrogen) atoms. The summed E-state index contributed by atoms with van der Waals surface area (Å²) in [6.07, 6.45) is 0. The van der Waals surface area contributed by atoms with Crippen molar-refractivity contribution >= 4 is 46.6 Å². The molecule has 0 aromatic heterocycles. The van der Waals surface area contributed by atoms with E-state index in [9.17, 15) is 0 Å². The van der Waals surface area contributed by atoms with Crippen molar-refractivity contribution in [3.05, 3.63) is 48.5 Å². The van der Waals surface area contributed by atoms with Crippen LogP contribution in [0, 0.1) is 0 Å². The fourth-order valence-corrected chi connectivity index (χ4v) is 9.26. The minimum atomic E-state index is 0.514. The number of hydrogen-bond acceptors (Lipinski definition) is 2. The predicted octanol–water partition coefficient (Wildman–Crippen LogP) is 1.09. The molecule has 4 heteroatoms. The van der Waals surface area contributed by atoms with Gasteiger partial charge >= 0.3 is 133 Å². The molecule has 0 N–H and O–H groups in total. The van der Waals surface area contributed by atoms with E-state index in [1.165, 1.54) is 20.3 Å². The summed E-state index contributed by atoms with van der Waals surface area (Å²) >= 11 is 1.03. The van der Waals surface area contributed by atoms with Crippen molar-refractivity contribution in [3.8, 4) is 0 Å². The zero-order valence-corrected chi connectivity index (χ0v) is 15.8. The van der Waals surface area contributed by atoms with Gasteiger partial charge in [-0.1, -0.05) is 0 Å². The number of anilines is 2. The van der Waals surface area contributed by atoms with Crippen molar-refractivity contribution in [3.63, 3.8) is 0 Å². The van der Waals surface area contributed by atoms with Gasteiger partial charge in [-0.3, -0.25) is 0 Å². The summed E-state index contributed by atoms with van der Waals surface area (Å²) in [4.78, 5) is 4.43. The number of rotatable bonds is 5. The van der Waals surface area contributed by atoms with Crippen molar-refractivity contribution < 1.29 is 0 Å². The van der Waals surface area contributed by atoms with Crippen molar-refractivity contribution in [2.24, 2.45) is 0 Å². The summed E-state index contributed by atoms with van der Waals surface area (Å²) in [5, 5.41) is 0. The van der Waals surface area contributed by atoms with Crippen LogP contribution in [0.15, 0.2) is 48.5 Å². The van der Waals surface area contributed by atoms with Crippen LogP contribution in [0.1, 0.15) is 0 Å². The summed E-state index contributed by atoms with van der Waals surface area (Å²) in [5.74, 6) is 0. The Hall–Kier alpha value is -0.921. The van der Waals surface area contributed by atoms with Crippen LogP contribution in [0.2, 0.25) is 0 Å². The summed E-state index contributed by atoms with van der Waals surface area (Å²) in [6, 6.07) is 17.5. The second-order valence-electron chi connectivity index (χ2n) is 4.89. The molecule has 0 radical (unpaired) electrons. The first-order chi connectivity index (χ1) is 9.59. The third kappa shape index (κ3) is 3.80. The number of nitrogens with zero attached hydrogens (tertiary/aromatic N) is 2. The predicted molar refractivity (Wildman–Crippen MR) is 92.3 cm³/mol. The van der Waals surface area contributed by atoms with E-state index in [1.807, 2.05) is 0 Å². The third-order valence-corrected chi connectivity index (χ3v) is 10.1. The van der Waals surface area contributed by atoms with Gasteiger partial charge in [-0.15, -0.1) is 0 Å². The summed E-state index contributed by atoms with van der Waals surface area (Å²) in [5.41, 5.74) is 2.72. The van der Waals surface area contributed by atoms with E-state index < -0.39 is 0 Å². The first-order valence-corrected chi connectivity index (χ1v) is 12.5. The van der Waals surface area contributed by atoms with E-state index in [0.29, 0.717) is 26.3 Å². The molecule has 2 nitrogen and oxygen atoms in total. The molecule has 0 fully saturated rings. The van der Waals surface area contributed by atoms with E-state index in [4.69, 9.17) is 0 Å². The van der Waals surface area contributed by atoms with Gasteiger partial charge in [0.15, 0.2) is 0 Å². The molecule has 106 valence electrons. The molecule has 0 aliphatic carbocycles. The van der Waals surface area contributed by atoms with Crippen LogP contribution >= 0.6 is 0 Å². The van der Waals surface area contributed by atoms with Gasteiger partial charge in [-0.25, -0.2) is 0 Å². The molecule has 2 aromatic rings. The molecule has 0 spiro atoms. The van der Waals surface area contributed by atoms with Gasteiger partial charge < -0.3 is 0 Å². The van der Waals surface area contributed by atoms with Gasteiger partial charge in [0.05, 0.1) is 0 Å². The first-order valence-electron chi connectivity index (χ1n) is 6.47. The SMILES string of the molecule is CN(C)c1ccccc1[Se][Se]c1ccccc1N(C)C. The minimum absolute atomic E-state index is 0.514. The average molecular weight is 398 g/mol. The normalized spacial score (nSPS) is 10.4. The molecule has 2 rings (SSSR count). The molecular weight excluding hydrogens is 378 g/mol. The van der Waals surface area contributed by atoms with Crippen LogP contribution < -0.4 is 18.7 Å². The van der Waals surface area contributed by atoms with Crippen molar-refractivity contribution in [1.29, 1.82) is 0 Å². The Morgan fingerprint density at radius 2 is 0.950 bits per heavy atom. The summed E-state index contributed by atoms with van der Waals surface area (Å²) in [6.45, 7) is 0. The topological polar surface area (TPSA) is 6.48 Å². The Bertz CT molecular complexity index is 516. The molecule has 0 saturated carbocycles. The molecule has 0 unspecified atom stereocenters. The van der Waals surface area contributed by atoms with E-state index in [-0.39, 0.29) is 0 Å². The maximum atomic E-state index is 2.27. The van der Waals surface area contributed by atoms with E-state index in [2.05, 4.69) is 86.5 Å². The van der Waals surface area contributed by atoms with Crippen LogP contribution in [0.25, 0.3) is 0 Å². The van der Waals surface area contributed by atoms with Crippen molar-refractivity contribution in [2.45, 2.75) is 0 Å². The van der Waals surface area contributed by atoms with Crippen LogP contribution in [0.3, 0.4) is 0 Å². The Balaban J connectivity index is 2.17. The average Bonchev–Trinajstić information content (AvgIpc) is 2.45. The van der Waals surface area contributed by atoms with Gasteiger partial charge in [0.25, 0.3) is 0 Å². The summed E-state index contributed by atoms with van der Waals surface area (Å²) in [7, 11) is 8.48.